The van der Waals surface area contributed by atoms with Crippen LogP contribution in [0.15, 0.2) is 41.5 Å². The number of carbonyl (C=O) groups is 2. The van der Waals surface area contributed by atoms with E-state index in [1.807, 2.05) is 27.3 Å². The van der Waals surface area contributed by atoms with E-state index in [0.29, 0.717) is 25.2 Å². The van der Waals surface area contributed by atoms with Crippen molar-refractivity contribution in [3.63, 3.8) is 0 Å². The van der Waals surface area contributed by atoms with Gasteiger partial charge in [-0.05, 0) is 31.0 Å². The van der Waals surface area contributed by atoms with Gasteiger partial charge in [0.25, 0.3) is 5.91 Å². The normalized spacial score (nSPS) is 22.4. The number of hydrogen-bond acceptors (Lipinski definition) is 5. The number of fused-ring (bicyclic) bond motifs is 5. The molecule has 2 amide bonds. The van der Waals surface area contributed by atoms with Gasteiger partial charge in [-0.1, -0.05) is 0 Å². The smallest absolute Gasteiger partial charge is 0.254 e. The van der Waals surface area contributed by atoms with Crippen LogP contribution in [-0.2, 0) is 11.3 Å². The van der Waals surface area contributed by atoms with E-state index in [-0.39, 0.29) is 23.8 Å². The largest absolute Gasteiger partial charge is 0.336 e. The third-order valence-corrected chi connectivity index (χ3v) is 6.18. The molecule has 6 rings (SSSR count). The van der Waals surface area contributed by atoms with Gasteiger partial charge in [-0.15, -0.1) is 11.3 Å². The monoisotopic (exact) mass is 381 g/mol. The average molecular weight is 381 g/mol. The molecule has 0 radical (unpaired) electrons. The zero-order valence-electron chi connectivity index (χ0n) is 14.7. The molecule has 0 spiro atoms. The zero-order valence-corrected chi connectivity index (χ0v) is 15.5. The SMILES string of the molecule is O=C(c1ccn2nccc2c1)N1C[C@@H]2CC[C@H](C1)N(Cc1cscn1)C2=O. The lowest BCUT2D eigenvalue weighted by Gasteiger charge is -2.35. The van der Waals surface area contributed by atoms with Crippen LogP contribution in [0.3, 0.4) is 0 Å². The Balaban J connectivity index is 1.40. The number of amides is 2. The minimum absolute atomic E-state index is 0.0149. The predicted molar refractivity (Wildman–Crippen MR) is 100 cm³/mol. The highest BCUT2D eigenvalue weighted by atomic mass is 32.1. The molecule has 3 aromatic rings. The van der Waals surface area contributed by atoms with Crippen molar-refractivity contribution in [3.8, 4) is 0 Å². The van der Waals surface area contributed by atoms with E-state index in [1.54, 1.807) is 28.5 Å². The van der Waals surface area contributed by atoms with Crippen LogP contribution in [0.25, 0.3) is 5.52 Å². The lowest BCUT2D eigenvalue weighted by atomic mass is 9.94. The Labute approximate surface area is 160 Å². The summed E-state index contributed by atoms with van der Waals surface area (Å²) in [5.74, 6) is 0.0183. The summed E-state index contributed by atoms with van der Waals surface area (Å²) in [6.45, 7) is 1.61. The van der Waals surface area contributed by atoms with E-state index in [2.05, 4.69) is 10.1 Å². The lowest BCUT2D eigenvalue weighted by Crippen LogP contribution is -2.47. The van der Waals surface area contributed by atoms with Crippen molar-refractivity contribution in [2.45, 2.75) is 25.4 Å². The fourth-order valence-corrected chi connectivity index (χ4v) is 4.69. The molecule has 0 aromatic carbocycles. The van der Waals surface area contributed by atoms with Gasteiger partial charge in [-0.25, -0.2) is 9.50 Å². The Kier molecular flexibility index (Phi) is 3.93. The first-order chi connectivity index (χ1) is 13.2. The summed E-state index contributed by atoms with van der Waals surface area (Å²) in [5, 5.41) is 6.15. The van der Waals surface area contributed by atoms with E-state index >= 15 is 0 Å². The molecule has 138 valence electrons. The van der Waals surface area contributed by atoms with Gasteiger partial charge in [0.1, 0.15) is 0 Å². The Morgan fingerprint density at radius 3 is 3.04 bits per heavy atom. The predicted octanol–water partition coefficient (Wildman–Crippen LogP) is 2.05. The van der Waals surface area contributed by atoms with Crippen LogP contribution in [0.1, 0.15) is 28.9 Å². The highest BCUT2D eigenvalue weighted by molar-refractivity contribution is 7.07. The minimum Gasteiger partial charge on any atom is -0.336 e. The van der Waals surface area contributed by atoms with Gasteiger partial charge in [0.15, 0.2) is 0 Å². The van der Waals surface area contributed by atoms with Gasteiger partial charge in [-0.2, -0.15) is 5.10 Å². The van der Waals surface area contributed by atoms with Gasteiger partial charge < -0.3 is 9.80 Å². The van der Waals surface area contributed by atoms with Crippen molar-refractivity contribution in [1.82, 2.24) is 24.4 Å². The topological polar surface area (TPSA) is 70.8 Å². The number of piperidine rings is 1. The molecule has 0 aliphatic carbocycles. The Morgan fingerprint density at radius 2 is 2.19 bits per heavy atom. The fourth-order valence-electron chi connectivity index (χ4n) is 4.14. The first-order valence-electron chi connectivity index (χ1n) is 9.09. The Morgan fingerprint density at radius 1 is 1.26 bits per heavy atom. The summed E-state index contributed by atoms with van der Waals surface area (Å²) >= 11 is 1.54. The molecule has 27 heavy (non-hydrogen) atoms. The van der Waals surface area contributed by atoms with Crippen molar-refractivity contribution >= 4 is 28.7 Å². The first-order valence-corrected chi connectivity index (χ1v) is 10.0. The molecule has 2 bridgehead atoms. The number of pyridine rings is 1. The molecule has 3 aliphatic rings. The van der Waals surface area contributed by atoms with E-state index in [4.69, 9.17) is 0 Å². The second kappa shape index (κ2) is 6.45. The second-order valence-electron chi connectivity index (χ2n) is 7.20. The van der Waals surface area contributed by atoms with E-state index in [0.717, 1.165) is 24.1 Å². The van der Waals surface area contributed by atoms with E-state index in [9.17, 15) is 9.59 Å². The zero-order chi connectivity index (χ0) is 18.4. The van der Waals surface area contributed by atoms with E-state index < -0.39 is 0 Å². The Bertz CT molecular complexity index is 999. The number of carbonyl (C=O) groups excluding carboxylic acids is 2. The van der Waals surface area contributed by atoms with Crippen LogP contribution in [0.5, 0.6) is 0 Å². The molecule has 3 saturated heterocycles. The number of thiazole rings is 1. The molecule has 2 atom stereocenters. The third-order valence-electron chi connectivity index (χ3n) is 5.54. The van der Waals surface area contributed by atoms with Crippen molar-refractivity contribution in [2.24, 2.45) is 5.92 Å². The molecule has 7 nitrogen and oxygen atoms in total. The molecule has 0 N–H and O–H groups in total. The highest BCUT2D eigenvalue weighted by Crippen LogP contribution is 2.31. The quantitative estimate of drug-likeness (QED) is 0.696. The summed E-state index contributed by atoms with van der Waals surface area (Å²) in [6.07, 6.45) is 5.30. The van der Waals surface area contributed by atoms with Gasteiger partial charge in [0.05, 0.1) is 29.2 Å². The summed E-state index contributed by atoms with van der Waals surface area (Å²) < 4.78 is 1.74. The number of nitrogens with zero attached hydrogens (tertiary/aromatic N) is 5. The number of hydrogen-bond donors (Lipinski definition) is 0. The van der Waals surface area contributed by atoms with Crippen LogP contribution in [-0.4, -0.2) is 55.3 Å². The molecule has 3 aromatic heterocycles. The fraction of sp³-hybridized carbons (Fsp3) is 0.368. The standard InChI is InChI=1S/C19H19N5O2S/c25-18(13-4-6-24-16(7-13)3-5-21-24)22-8-14-1-2-17(10-22)23(19(14)26)9-15-11-27-12-20-15/h3-7,11-12,14,17H,1-2,8-10H2/t14-,17+/m0/s1. The Hall–Kier alpha value is -2.74. The summed E-state index contributed by atoms with van der Waals surface area (Å²) in [7, 11) is 0. The maximum Gasteiger partial charge on any atom is 0.254 e. The number of rotatable bonds is 3. The van der Waals surface area contributed by atoms with Crippen LogP contribution in [0.4, 0.5) is 0 Å². The van der Waals surface area contributed by atoms with Gasteiger partial charge in [0, 0.05) is 42.5 Å². The van der Waals surface area contributed by atoms with Crippen LogP contribution in [0.2, 0.25) is 0 Å². The van der Waals surface area contributed by atoms with Gasteiger partial charge >= 0.3 is 0 Å². The molecule has 3 aliphatic heterocycles. The third kappa shape index (κ3) is 2.90. The molecule has 0 saturated carbocycles. The molecular weight excluding hydrogens is 362 g/mol. The second-order valence-corrected chi connectivity index (χ2v) is 7.92. The average Bonchev–Trinajstić information content (AvgIpc) is 3.29. The first kappa shape index (κ1) is 16.4. The van der Waals surface area contributed by atoms with Crippen molar-refractivity contribution in [3.05, 3.63) is 52.7 Å². The molecular formula is C19H19N5O2S. The van der Waals surface area contributed by atoms with Crippen LogP contribution >= 0.6 is 11.3 Å². The van der Waals surface area contributed by atoms with Crippen molar-refractivity contribution < 1.29 is 9.59 Å². The van der Waals surface area contributed by atoms with Gasteiger partial charge in [0.2, 0.25) is 5.91 Å². The molecule has 6 heterocycles. The molecule has 8 heteroatoms. The highest BCUT2D eigenvalue weighted by Gasteiger charge is 2.42. The summed E-state index contributed by atoms with van der Waals surface area (Å²) in [5.41, 5.74) is 4.24. The summed E-state index contributed by atoms with van der Waals surface area (Å²) in [4.78, 5) is 34.2. The molecule has 3 fully saturated rings. The van der Waals surface area contributed by atoms with Crippen LogP contribution in [0, 0.1) is 5.92 Å². The molecule has 0 unspecified atom stereocenters. The summed E-state index contributed by atoms with van der Waals surface area (Å²) in [6, 6.07) is 5.59. The maximum atomic E-state index is 13.1. The van der Waals surface area contributed by atoms with Gasteiger partial charge in [-0.3, -0.25) is 9.59 Å². The van der Waals surface area contributed by atoms with Crippen LogP contribution < -0.4 is 0 Å². The number of aromatic nitrogens is 3. The van der Waals surface area contributed by atoms with E-state index in [1.165, 1.54) is 11.3 Å². The lowest BCUT2D eigenvalue weighted by molar-refractivity contribution is -0.140. The van der Waals surface area contributed by atoms with Crippen molar-refractivity contribution in [1.29, 1.82) is 0 Å². The van der Waals surface area contributed by atoms with Crippen molar-refractivity contribution in [2.75, 3.05) is 13.1 Å². The maximum absolute atomic E-state index is 13.1. The minimum atomic E-state index is -0.120.